The maximum absolute atomic E-state index is 5.93. The maximum atomic E-state index is 5.93. The van der Waals surface area contributed by atoms with Crippen molar-refractivity contribution in [2.24, 2.45) is 11.8 Å². The highest BCUT2D eigenvalue weighted by molar-refractivity contribution is 5.80. The number of nitrogens with zero attached hydrogens (tertiary/aromatic N) is 2. The molecule has 3 atom stereocenters. The number of fused-ring (bicyclic) bond motifs is 1. The minimum Gasteiger partial charge on any atom is -0.399 e. The van der Waals surface area contributed by atoms with Crippen molar-refractivity contribution in [3.05, 3.63) is 24.0 Å². The molecule has 1 heterocycles. The summed E-state index contributed by atoms with van der Waals surface area (Å²) in [6.45, 7) is 9.20. The standard InChI is InChI=1S/C18H27N3/c1-5-13-6-8-16(12(13)4)21-17-9-7-14(19)10-15(17)20-18(21)11(2)3/h7,9-13,16H,5-6,8,19H2,1-4H3. The molecule has 1 aliphatic carbocycles. The summed E-state index contributed by atoms with van der Waals surface area (Å²) in [6, 6.07) is 6.74. The maximum Gasteiger partial charge on any atom is 0.112 e. The van der Waals surface area contributed by atoms with Gasteiger partial charge in [0.1, 0.15) is 5.82 Å². The quantitative estimate of drug-likeness (QED) is 0.828. The molecule has 3 rings (SSSR count). The average Bonchev–Trinajstić information content (AvgIpc) is 2.98. The predicted octanol–water partition coefficient (Wildman–Crippen LogP) is 4.74. The van der Waals surface area contributed by atoms with Gasteiger partial charge in [-0.05, 0) is 42.9 Å². The lowest BCUT2D eigenvalue weighted by Gasteiger charge is -2.24. The molecule has 0 radical (unpaired) electrons. The lowest BCUT2D eigenvalue weighted by molar-refractivity contribution is 0.327. The molecule has 2 aromatic rings. The van der Waals surface area contributed by atoms with E-state index in [0.29, 0.717) is 12.0 Å². The first-order valence-corrected chi connectivity index (χ1v) is 8.30. The van der Waals surface area contributed by atoms with Crippen molar-refractivity contribution < 1.29 is 0 Å². The van der Waals surface area contributed by atoms with Gasteiger partial charge in [0.25, 0.3) is 0 Å². The smallest absolute Gasteiger partial charge is 0.112 e. The van der Waals surface area contributed by atoms with Crippen LogP contribution in [0, 0.1) is 11.8 Å². The third-order valence-electron chi connectivity index (χ3n) is 5.30. The highest BCUT2D eigenvalue weighted by atomic mass is 15.1. The van der Waals surface area contributed by atoms with E-state index in [1.54, 1.807) is 0 Å². The third-order valence-corrected chi connectivity index (χ3v) is 5.30. The fraction of sp³-hybridized carbons (Fsp3) is 0.611. The number of rotatable bonds is 3. The second-order valence-corrected chi connectivity index (χ2v) is 6.91. The Morgan fingerprint density at radius 2 is 2.10 bits per heavy atom. The van der Waals surface area contributed by atoms with Gasteiger partial charge in [-0.2, -0.15) is 0 Å². The van der Waals surface area contributed by atoms with Gasteiger partial charge in [-0.3, -0.25) is 0 Å². The van der Waals surface area contributed by atoms with Gasteiger partial charge in [-0.25, -0.2) is 4.98 Å². The van der Waals surface area contributed by atoms with Crippen molar-refractivity contribution in [2.45, 2.75) is 58.9 Å². The molecule has 0 bridgehead atoms. The molecule has 1 fully saturated rings. The predicted molar refractivity (Wildman–Crippen MR) is 89.5 cm³/mol. The van der Waals surface area contributed by atoms with Crippen LogP contribution in [0.25, 0.3) is 11.0 Å². The summed E-state index contributed by atoms with van der Waals surface area (Å²) in [5.74, 6) is 3.22. The van der Waals surface area contributed by atoms with Crippen molar-refractivity contribution in [3.8, 4) is 0 Å². The van der Waals surface area contributed by atoms with Gasteiger partial charge < -0.3 is 10.3 Å². The van der Waals surface area contributed by atoms with Gasteiger partial charge in [0.15, 0.2) is 0 Å². The van der Waals surface area contributed by atoms with E-state index in [2.05, 4.69) is 38.3 Å². The molecule has 1 aliphatic rings. The minimum atomic E-state index is 0.437. The van der Waals surface area contributed by atoms with E-state index < -0.39 is 0 Å². The van der Waals surface area contributed by atoms with Gasteiger partial charge in [0, 0.05) is 17.6 Å². The van der Waals surface area contributed by atoms with E-state index in [0.717, 1.165) is 23.0 Å². The summed E-state index contributed by atoms with van der Waals surface area (Å²) < 4.78 is 2.51. The first kappa shape index (κ1) is 14.4. The fourth-order valence-electron chi connectivity index (χ4n) is 4.06. The summed E-state index contributed by atoms with van der Waals surface area (Å²) in [4.78, 5) is 4.89. The molecule has 0 aliphatic heterocycles. The number of anilines is 1. The Kier molecular flexibility index (Phi) is 3.68. The fourth-order valence-corrected chi connectivity index (χ4v) is 4.06. The zero-order chi connectivity index (χ0) is 15.1. The van der Waals surface area contributed by atoms with Crippen molar-refractivity contribution in [1.82, 2.24) is 9.55 Å². The summed E-state index contributed by atoms with van der Waals surface area (Å²) in [7, 11) is 0. The number of imidazole rings is 1. The molecule has 1 aromatic heterocycles. The van der Waals surface area contributed by atoms with Crippen LogP contribution >= 0.6 is 0 Å². The Morgan fingerprint density at radius 3 is 2.71 bits per heavy atom. The van der Waals surface area contributed by atoms with Gasteiger partial charge in [-0.1, -0.05) is 34.1 Å². The molecule has 1 aromatic carbocycles. The Labute approximate surface area is 127 Å². The number of nitrogens with two attached hydrogens (primary N) is 1. The van der Waals surface area contributed by atoms with Crippen LogP contribution in [0.4, 0.5) is 5.69 Å². The van der Waals surface area contributed by atoms with Crippen molar-refractivity contribution >= 4 is 16.7 Å². The van der Waals surface area contributed by atoms with E-state index >= 15 is 0 Å². The molecule has 21 heavy (non-hydrogen) atoms. The van der Waals surface area contributed by atoms with Crippen LogP contribution in [0.15, 0.2) is 18.2 Å². The van der Waals surface area contributed by atoms with Crippen molar-refractivity contribution in [2.75, 3.05) is 5.73 Å². The van der Waals surface area contributed by atoms with Gasteiger partial charge >= 0.3 is 0 Å². The number of hydrogen-bond donors (Lipinski definition) is 1. The van der Waals surface area contributed by atoms with E-state index in [1.165, 1.54) is 30.6 Å². The molecule has 0 amide bonds. The SMILES string of the molecule is CCC1CCC(n2c(C(C)C)nc3cc(N)ccc32)C1C. The highest BCUT2D eigenvalue weighted by Gasteiger charge is 2.35. The molecule has 0 spiro atoms. The Bertz CT molecular complexity index is 641. The summed E-state index contributed by atoms with van der Waals surface area (Å²) >= 11 is 0. The molecule has 2 N–H and O–H groups in total. The van der Waals surface area contributed by atoms with E-state index in [1.807, 2.05) is 12.1 Å². The van der Waals surface area contributed by atoms with Gasteiger partial charge in [-0.15, -0.1) is 0 Å². The second kappa shape index (κ2) is 5.36. The van der Waals surface area contributed by atoms with Crippen molar-refractivity contribution in [3.63, 3.8) is 0 Å². The summed E-state index contributed by atoms with van der Waals surface area (Å²) in [6.07, 6.45) is 3.90. The molecule has 3 nitrogen and oxygen atoms in total. The van der Waals surface area contributed by atoms with Crippen LogP contribution in [-0.2, 0) is 0 Å². The number of nitrogen functional groups attached to an aromatic ring is 1. The van der Waals surface area contributed by atoms with E-state index in [4.69, 9.17) is 10.7 Å². The monoisotopic (exact) mass is 285 g/mol. The molecule has 3 unspecified atom stereocenters. The minimum absolute atomic E-state index is 0.437. The van der Waals surface area contributed by atoms with Gasteiger partial charge in [0.2, 0.25) is 0 Å². The van der Waals surface area contributed by atoms with Crippen LogP contribution < -0.4 is 5.73 Å². The molecule has 114 valence electrons. The zero-order valence-corrected chi connectivity index (χ0v) is 13.6. The van der Waals surface area contributed by atoms with Crippen LogP contribution in [0.1, 0.15) is 64.7 Å². The van der Waals surface area contributed by atoms with E-state index in [-0.39, 0.29) is 0 Å². The average molecular weight is 285 g/mol. The Balaban J connectivity index is 2.14. The van der Waals surface area contributed by atoms with Crippen molar-refractivity contribution in [1.29, 1.82) is 0 Å². The number of benzene rings is 1. The first-order chi connectivity index (χ1) is 10.0. The number of hydrogen-bond acceptors (Lipinski definition) is 2. The molecular formula is C18H27N3. The molecule has 1 saturated carbocycles. The highest BCUT2D eigenvalue weighted by Crippen LogP contribution is 2.44. The Morgan fingerprint density at radius 1 is 1.33 bits per heavy atom. The van der Waals surface area contributed by atoms with E-state index in [9.17, 15) is 0 Å². The van der Waals surface area contributed by atoms with Crippen LogP contribution in [0.3, 0.4) is 0 Å². The van der Waals surface area contributed by atoms with Crippen LogP contribution in [-0.4, -0.2) is 9.55 Å². The van der Waals surface area contributed by atoms with Crippen LogP contribution in [0.5, 0.6) is 0 Å². The normalized spacial score (nSPS) is 26.0. The molecule has 0 saturated heterocycles. The number of aromatic nitrogens is 2. The third kappa shape index (κ3) is 2.33. The molecule has 3 heteroatoms. The Hall–Kier alpha value is -1.51. The van der Waals surface area contributed by atoms with Gasteiger partial charge in [0.05, 0.1) is 11.0 Å². The zero-order valence-electron chi connectivity index (χ0n) is 13.6. The molecular weight excluding hydrogens is 258 g/mol. The summed E-state index contributed by atoms with van der Waals surface area (Å²) in [5.41, 5.74) is 9.03. The second-order valence-electron chi connectivity index (χ2n) is 6.91. The first-order valence-electron chi connectivity index (χ1n) is 8.30. The largest absolute Gasteiger partial charge is 0.399 e. The topological polar surface area (TPSA) is 43.8 Å². The van der Waals surface area contributed by atoms with Crippen LogP contribution in [0.2, 0.25) is 0 Å². The summed E-state index contributed by atoms with van der Waals surface area (Å²) in [5, 5.41) is 0. The lowest BCUT2D eigenvalue weighted by atomic mass is 9.93. The lowest BCUT2D eigenvalue weighted by Crippen LogP contribution is -2.18.